The molecule has 0 fully saturated rings. The molecule has 0 saturated heterocycles. The van der Waals surface area contributed by atoms with Crippen molar-refractivity contribution in [3.05, 3.63) is 230 Å². The summed E-state index contributed by atoms with van der Waals surface area (Å²) in [4.78, 5) is 17.6. The van der Waals surface area contributed by atoms with Gasteiger partial charge in [-0.15, -0.1) is 0 Å². The zero-order valence-corrected chi connectivity index (χ0v) is 36.1. The Labute approximate surface area is 381 Å². The van der Waals surface area contributed by atoms with Crippen molar-refractivity contribution in [2.24, 2.45) is 0 Å². The van der Waals surface area contributed by atoms with Crippen molar-refractivity contribution in [1.82, 2.24) is 15.0 Å². The van der Waals surface area contributed by atoms with E-state index in [1.807, 2.05) is 36.4 Å². The first-order valence-electron chi connectivity index (χ1n) is 22.4. The van der Waals surface area contributed by atoms with Crippen LogP contribution in [-0.4, -0.2) is 22.0 Å². The second-order valence-corrected chi connectivity index (χ2v) is 17.2. The Hall–Kier alpha value is -8.67. The van der Waals surface area contributed by atoms with Gasteiger partial charge in [-0.25, -0.2) is 15.0 Å². The number of nitrogens with zero attached hydrogens (tertiary/aromatic N) is 4. The highest BCUT2D eigenvalue weighted by atomic mass is 16.3. The van der Waals surface area contributed by atoms with Crippen LogP contribution in [0.5, 0.6) is 0 Å². The molecule has 0 bridgehead atoms. The summed E-state index contributed by atoms with van der Waals surface area (Å²) in [5, 5.41) is 8.66. The van der Waals surface area contributed by atoms with Gasteiger partial charge in [0.15, 0.2) is 17.5 Å². The summed E-state index contributed by atoms with van der Waals surface area (Å²) < 4.78 is 6.88. The van der Waals surface area contributed by atoms with Gasteiger partial charge in [0.1, 0.15) is 17.4 Å². The van der Waals surface area contributed by atoms with Crippen molar-refractivity contribution in [3.63, 3.8) is 0 Å². The SMILES string of the molecule is CN1c2cc(-c3cccc(-c4nc(-c5ccccc5)nc(-c5ccc(-c6ccccc6)cc5)n4)c3)ccc2-c2c(oc3ccccc23)C1c1ccc2c3ccccc3c3ccccc3c2c1. The minimum absolute atomic E-state index is 0.169. The summed E-state index contributed by atoms with van der Waals surface area (Å²) in [6, 6.07) is 77.2. The van der Waals surface area contributed by atoms with E-state index >= 15 is 0 Å². The molecule has 310 valence electrons. The molecule has 0 radical (unpaired) electrons. The number of hydrogen-bond acceptors (Lipinski definition) is 5. The number of benzene rings is 10. The van der Waals surface area contributed by atoms with Crippen LogP contribution < -0.4 is 4.90 Å². The number of anilines is 1. The zero-order chi connectivity index (χ0) is 43.7. The van der Waals surface area contributed by atoms with Gasteiger partial charge < -0.3 is 9.32 Å². The normalized spacial score (nSPS) is 13.3. The Kier molecular flexibility index (Phi) is 8.75. The molecule has 66 heavy (non-hydrogen) atoms. The molecule has 12 aromatic rings. The van der Waals surface area contributed by atoms with E-state index in [2.05, 4.69) is 194 Å². The molecule has 1 aliphatic rings. The van der Waals surface area contributed by atoms with E-state index in [1.165, 1.54) is 43.4 Å². The standard InChI is InChI=1S/C61H40N4O/c1-65-54-37-43(42-19-14-20-45(35-42)61-63-59(40-17-6-3-7-18-40)62-60(64-61)41-29-27-39(28-30-41)38-15-4-2-5-16-38)31-34-51(54)56-52-25-12-13-26-55(52)66-58(56)57(65)44-32-33-50-48-23-9-8-21-46(48)47-22-10-11-24-49(47)53(50)36-44/h2-37,57H,1H3. The Morgan fingerprint density at radius 2 is 0.833 bits per heavy atom. The van der Waals surface area contributed by atoms with E-state index in [9.17, 15) is 0 Å². The van der Waals surface area contributed by atoms with Gasteiger partial charge in [-0.1, -0.05) is 194 Å². The summed E-state index contributed by atoms with van der Waals surface area (Å²) >= 11 is 0. The fraction of sp³-hybridized carbons (Fsp3) is 0.0328. The summed E-state index contributed by atoms with van der Waals surface area (Å²) in [6.07, 6.45) is 0. The average Bonchev–Trinajstić information content (AvgIpc) is 3.78. The van der Waals surface area contributed by atoms with Gasteiger partial charge in [0.25, 0.3) is 0 Å². The van der Waals surface area contributed by atoms with Crippen LogP contribution in [0.25, 0.3) is 111 Å². The molecule has 0 amide bonds. The summed E-state index contributed by atoms with van der Waals surface area (Å²) in [5.41, 5.74) is 12.8. The Balaban J connectivity index is 0.927. The lowest BCUT2D eigenvalue weighted by molar-refractivity contribution is 0.514. The van der Waals surface area contributed by atoms with Crippen LogP contribution in [0.4, 0.5) is 5.69 Å². The van der Waals surface area contributed by atoms with Gasteiger partial charge in [0.2, 0.25) is 0 Å². The van der Waals surface area contributed by atoms with Crippen molar-refractivity contribution in [2.45, 2.75) is 6.04 Å². The second kappa shape index (κ2) is 15.3. The molecule has 1 atom stereocenters. The van der Waals surface area contributed by atoms with Crippen LogP contribution in [0.2, 0.25) is 0 Å². The molecule has 0 aliphatic carbocycles. The van der Waals surface area contributed by atoms with Gasteiger partial charge in [-0.05, 0) is 84.4 Å². The molecule has 0 saturated carbocycles. The zero-order valence-electron chi connectivity index (χ0n) is 36.1. The molecule has 1 aliphatic heterocycles. The molecule has 0 spiro atoms. The Morgan fingerprint density at radius 1 is 0.364 bits per heavy atom. The minimum atomic E-state index is -0.169. The quantitative estimate of drug-likeness (QED) is 0.156. The largest absolute Gasteiger partial charge is 0.458 e. The third kappa shape index (κ3) is 6.20. The monoisotopic (exact) mass is 844 g/mol. The highest BCUT2D eigenvalue weighted by Crippen LogP contribution is 2.52. The molecule has 2 aromatic heterocycles. The molecule has 5 nitrogen and oxygen atoms in total. The molecular weight excluding hydrogens is 805 g/mol. The van der Waals surface area contributed by atoms with Crippen LogP contribution in [0, 0.1) is 0 Å². The second-order valence-electron chi connectivity index (χ2n) is 17.2. The van der Waals surface area contributed by atoms with Crippen LogP contribution in [0.3, 0.4) is 0 Å². The Morgan fingerprint density at radius 3 is 1.52 bits per heavy atom. The third-order valence-corrected chi connectivity index (χ3v) is 13.4. The first-order chi connectivity index (χ1) is 32.6. The maximum atomic E-state index is 6.88. The number of furan rings is 1. The van der Waals surface area contributed by atoms with Crippen molar-refractivity contribution in [2.75, 3.05) is 11.9 Å². The van der Waals surface area contributed by atoms with Crippen LogP contribution in [0.1, 0.15) is 17.4 Å². The van der Waals surface area contributed by atoms with Gasteiger partial charge in [0.05, 0.1) is 0 Å². The lowest BCUT2D eigenvalue weighted by Crippen LogP contribution is -2.28. The van der Waals surface area contributed by atoms with E-state index in [4.69, 9.17) is 19.4 Å². The van der Waals surface area contributed by atoms with Crippen molar-refractivity contribution in [1.29, 1.82) is 0 Å². The summed E-state index contributed by atoms with van der Waals surface area (Å²) in [5.74, 6) is 2.84. The van der Waals surface area contributed by atoms with Crippen LogP contribution in [0.15, 0.2) is 223 Å². The number of hydrogen-bond donors (Lipinski definition) is 0. The van der Waals surface area contributed by atoms with Gasteiger partial charge in [-0.3, -0.25) is 0 Å². The van der Waals surface area contributed by atoms with Crippen LogP contribution >= 0.6 is 0 Å². The molecule has 0 N–H and O–H groups in total. The van der Waals surface area contributed by atoms with Crippen molar-refractivity contribution < 1.29 is 4.42 Å². The van der Waals surface area contributed by atoms with Gasteiger partial charge in [0, 0.05) is 45.9 Å². The molecule has 1 unspecified atom stereocenters. The maximum absolute atomic E-state index is 6.88. The number of para-hydroxylation sites is 1. The fourth-order valence-corrected chi connectivity index (χ4v) is 10.2. The number of rotatable bonds is 6. The van der Waals surface area contributed by atoms with Crippen molar-refractivity contribution >= 4 is 49.0 Å². The topological polar surface area (TPSA) is 55.1 Å². The van der Waals surface area contributed by atoms with E-state index in [-0.39, 0.29) is 6.04 Å². The molecule has 10 aromatic carbocycles. The minimum Gasteiger partial charge on any atom is -0.458 e. The lowest BCUT2D eigenvalue weighted by atomic mass is 9.86. The lowest BCUT2D eigenvalue weighted by Gasteiger charge is -2.36. The highest BCUT2D eigenvalue weighted by Gasteiger charge is 2.35. The third-order valence-electron chi connectivity index (χ3n) is 13.4. The average molecular weight is 845 g/mol. The predicted molar refractivity (Wildman–Crippen MR) is 271 cm³/mol. The summed E-state index contributed by atoms with van der Waals surface area (Å²) in [7, 11) is 2.20. The molecular formula is C61H40N4O. The predicted octanol–water partition coefficient (Wildman–Crippen LogP) is 15.6. The highest BCUT2D eigenvalue weighted by molar-refractivity contribution is 6.25. The Bertz CT molecular complexity index is 3810. The van der Waals surface area contributed by atoms with E-state index < -0.39 is 0 Å². The maximum Gasteiger partial charge on any atom is 0.164 e. The summed E-state index contributed by atoms with van der Waals surface area (Å²) in [6.45, 7) is 0. The van der Waals surface area contributed by atoms with Crippen LogP contribution in [-0.2, 0) is 0 Å². The van der Waals surface area contributed by atoms with Gasteiger partial charge >= 0.3 is 0 Å². The fourth-order valence-electron chi connectivity index (χ4n) is 10.2. The van der Waals surface area contributed by atoms with E-state index in [0.29, 0.717) is 17.5 Å². The van der Waals surface area contributed by atoms with Gasteiger partial charge in [-0.2, -0.15) is 0 Å². The number of aromatic nitrogens is 3. The number of fused-ring (bicyclic) bond motifs is 11. The molecule has 3 heterocycles. The first-order valence-corrected chi connectivity index (χ1v) is 22.4. The van der Waals surface area contributed by atoms with Crippen molar-refractivity contribution in [3.8, 4) is 67.5 Å². The van der Waals surface area contributed by atoms with E-state index in [1.54, 1.807) is 0 Å². The smallest absolute Gasteiger partial charge is 0.164 e. The first kappa shape index (κ1) is 37.8. The van der Waals surface area contributed by atoms with E-state index in [0.717, 1.165) is 66.9 Å². The molecule has 5 heteroatoms. The molecule has 13 rings (SSSR count).